The molecule has 0 atom stereocenters. The summed E-state index contributed by atoms with van der Waals surface area (Å²) in [5, 5.41) is 22.4. The molecule has 2 heterocycles. The molecule has 0 radical (unpaired) electrons. The van der Waals surface area contributed by atoms with E-state index in [1.165, 1.54) is 27.9 Å². The number of para-hydroxylation sites is 2. The summed E-state index contributed by atoms with van der Waals surface area (Å²) in [5.74, 6) is -0.387. The van der Waals surface area contributed by atoms with Gasteiger partial charge in [-0.25, -0.2) is 0 Å². The van der Waals surface area contributed by atoms with Gasteiger partial charge in [0.2, 0.25) is 0 Å². The van der Waals surface area contributed by atoms with Crippen LogP contribution in [0.25, 0.3) is 4.96 Å². The first-order valence-corrected chi connectivity index (χ1v) is 6.10. The molecule has 2 aromatic heterocycles. The van der Waals surface area contributed by atoms with E-state index in [1.807, 2.05) is 0 Å². The number of nitrogens with zero attached hydrogens (tertiary/aromatic N) is 3. The number of ether oxygens (including phenoxy) is 1. The molecule has 0 unspecified atom stereocenters. The molecule has 0 spiro atoms. The normalized spacial score (nSPS) is 10.7. The molecule has 8 heteroatoms. The van der Waals surface area contributed by atoms with Crippen LogP contribution < -0.4 is 4.74 Å². The number of phenols is 1. The van der Waals surface area contributed by atoms with Crippen LogP contribution in [0.5, 0.6) is 17.4 Å². The average molecular weight is 277 g/mol. The topological polar surface area (TPSA) is 89.9 Å². The van der Waals surface area contributed by atoms with Gasteiger partial charge in [-0.3, -0.25) is 0 Å². The lowest BCUT2D eigenvalue weighted by atomic mass is 10.3. The van der Waals surface area contributed by atoms with Gasteiger partial charge in [-0.15, -0.1) is 0 Å². The molecule has 19 heavy (non-hydrogen) atoms. The van der Waals surface area contributed by atoms with Crippen LogP contribution in [0.1, 0.15) is 0 Å². The highest BCUT2D eigenvalue weighted by Gasteiger charge is 2.26. The maximum absolute atomic E-state index is 11.1. The van der Waals surface area contributed by atoms with Gasteiger partial charge < -0.3 is 20.0 Å². The first-order valence-electron chi connectivity index (χ1n) is 5.22. The fourth-order valence-electron chi connectivity index (χ4n) is 1.64. The Labute approximate surface area is 110 Å². The molecule has 0 saturated heterocycles. The Morgan fingerprint density at radius 2 is 2.21 bits per heavy atom. The summed E-state index contributed by atoms with van der Waals surface area (Å²) in [6.45, 7) is 0. The zero-order chi connectivity index (χ0) is 13.4. The second-order valence-electron chi connectivity index (χ2n) is 3.62. The molecule has 3 aromatic rings. The Hall–Kier alpha value is -2.61. The van der Waals surface area contributed by atoms with Gasteiger partial charge in [0, 0.05) is 5.38 Å². The number of nitro groups is 1. The first kappa shape index (κ1) is 11.5. The fraction of sp³-hybridized carbons (Fsp3) is 0. The van der Waals surface area contributed by atoms with Crippen LogP contribution in [-0.2, 0) is 0 Å². The third-order valence-corrected chi connectivity index (χ3v) is 3.21. The maximum Gasteiger partial charge on any atom is 0.393 e. The number of thiazole rings is 1. The largest absolute Gasteiger partial charge is 0.504 e. The van der Waals surface area contributed by atoms with Gasteiger partial charge in [0.1, 0.15) is 6.20 Å². The second-order valence-corrected chi connectivity index (χ2v) is 4.50. The zero-order valence-corrected chi connectivity index (χ0v) is 10.2. The van der Waals surface area contributed by atoms with Gasteiger partial charge in [-0.1, -0.05) is 23.5 Å². The number of aromatic nitrogens is 2. The SMILES string of the molecule is O=[N+]([O-])c1c(Oc2ccccc2O)nc2sccn12. The van der Waals surface area contributed by atoms with Crippen molar-refractivity contribution in [2.45, 2.75) is 0 Å². The van der Waals surface area contributed by atoms with Crippen LogP contribution in [-0.4, -0.2) is 19.4 Å². The fourth-order valence-corrected chi connectivity index (χ4v) is 2.34. The summed E-state index contributed by atoms with van der Waals surface area (Å²) < 4.78 is 6.66. The molecule has 0 aliphatic heterocycles. The summed E-state index contributed by atoms with van der Waals surface area (Å²) in [6, 6.07) is 6.22. The molecule has 0 saturated carbocycles. The van der Waals surface area contributed by atoms with Crippen LogP contribution in [0, 0.1) is 10.1 Å². The number of fused-ring (bicyclic) bond motifs is 1. The molecule has 96 valence electrons. The van der Waals surface area contributed by atoms with Gasteiger partial charge in [0.25, 0.3) is 4.96 Å². The molecule has 3 rings (SSSR count). The highest BCUT2D eigenvalue weighted by Crippen LogP contribution is 2.36. The summed E-state index contributed by atoms with van der Waals surface area (Å²) in [7, 11) is 0. The summed E-state index contributed by atoms with van der Waals surface area (Å²) >= 11 is 1.26. The predicted molar refractivity (Wildman–Crippen MR) is 67.9 cm³/mol. The first-order chi connectivity index (χ1) is 9.16. The predicted octanol–water partition coefficient (Wildman–Crippen LogP) is 2.80. The lowest BCUT2D eigenvalue weighted by Crippen LogP contribution is -1.95. The minimum Gasteiger partial charge on any atom is -0.504 e. The Bertz CT molecular complexity index is 764. The van der Waals surface area contributed by atoms with Crippen molar-refractivity contribution in [3.63, 3.8) is 0 Å². The van der Waals surface area contributed by atoms with E-state index in [2.05, 4.69) is 4.98 Å². The molecule has 0 aliphatic rings. The van der Waals surface area contributed by atoms with Crippen molar-refractivity contribution < 1.29 is 14.8 Å². The van der Waals surface area contributed by atoms with Crippen molar-refractivity contribution in [2.24, 2.45) is 0 Å². The van der Waals surface area contributed by atoms with Crippen molar-refractivity contribution in [3.8, 4) is 17.4 Å². The zero-order valence-electron chi connectivity index (χ0n) is 9.39. The molecule has 0 amide bonds. The number of rotatable bonds is 3. The minimum atomic E-state index is -0.567. The molecular weight excluding hydrogens is 270 g/mol. The number of hydrogen-bond acceptors (Lipinski definition) is 6. The summed E-state index contributed by atoms with van der Waals surface area (Å²) in [6.07, 6.45) is 1.54. The number of aromatic hydroxyl groups is 1. The van der Waals surface area contributed by atoms with Crippen molar-refractivity contribution in [1.82, 2.24) is 9.38 Å². The van der Waals surface area contributed by atoms with E-state index in [-0.39, 0.29) is 23.2 Å². The third kappa shape index (κ3) is 1.87. The van der Waals surface area contributed by atoms with Crippen molar-refractivity contribution in [1.29, 1.82) is 0 Å². The average Bonchev–Trinajstić information content (AvgIpc) is 2.91. The molecule has 1 aromatic carbocycles. The molecule has 0 fully saturated rings. The van der Waals surface area contributed by atoms with Crippen LogP contribution in [0.2, 0.25) is 0 Å². The van der Waals surface area contributed by atoms with Crippen LogP contribution in [0.15, 0.2) is 35.8 Å². The molecule has 0 aliphatic carbocycles. The van der Waals surface area contributed by atoms with E-state index in [0.717, 1.165) is 0 Å². The van der Waals surface area contributed by atoms with E-state index in [0.29, 0.717) is 4.96 Å². The van der Waals surface area contributed by atoms with Gasteiger partial charge in [-0.2, -0.15) is 9.38 Å². The van der Waals surface area contributed by atoms with E-state index in [9.17, 15) is 15.2 Å². The Balaban J connectivity index is 2.10. The Morgan fingerprint density at radius 1 is 1.42 bits per heavy atom. The van der Waals surface area contributed by atoms with Gasteiger partial charge in [-0.05, 0) is 17.1 Å². The van der Waals surface area contributed by atoms with E-state index in [4.69, 9.17) is 4.74 Å². The summed E-state index contributed by atoms with van der Waals surface area (Å²) in [5.41, 5.74) is 0. The Morgan fingerprint density at radius 3 is 2.95 bits per heavy atom. The van der Waals surface area contributed by atoms with E-state index >= 15 is 0 Å². The van der Waals surface area contributed by atoms with Crippen LogP contribution in [0.3, 0.4) is 0 Å². The van der Waals surface area contributed by atoms with E-state index in [1.54, 1.807) is 23.7 Å². The highest BCUT2D eigenvalue weighted by molar-refractivity contribution is 7.15. The number of hydrogen-bond donors (Lipinski definition) is 1. The Kier molecular flexibility index (Phi) is 2.57. The maximum atomic E-state index is 11.1. The molecule has 0 bridgehead atoms. The van der Waals surface area contributed by atoms with Crippen molar-refractivity contribution in [3.05, 3.63) is 46.0 Å². The van der Waals surface area contributed by atoms with Crippen LogP contribution in [0.4, 0.5) is 5.82 Å². The van der Waals surface area contributed by atoms with Crippen molar-refractivity contribution in [2.75, 3.05) is 0 Å². The third-order valence-electron chi connectivity index (χ3n) is 2.45. The standard InChI is InChI=1S/C11H7N3O4S/c15-7-3-1-2-4-8(7)18-9-10(14(16)17)13-5-6-19-11(13)12-9/h1-6,15H. The second kappa shape index (κ2) is 4.25. The highest BCUT2D eigenvalue weighted by atomic mass is 32.1. The van der Waals surface area contributed by atoms with Crippen LogP contribution >= 0.6 is 11.3 Å². The van der Waals surface area contributed by atoms with Gasteiger partial charge >= 0.3 is 11.7 Å². The van der Waals surface area contributed by atoms with E-state index < -0.39 is 4.92 Å². The lowest BCUT2D eigenvalue weighted by molar-refractivity contribution is -0.391. The molecule has 7 nitrogen and oxygen atoms in total. The number of imidazole rings is 1. The van der Waals surface area contributed by atoms with Crippen molar-refractivity contribution >= 4 is 22.1 Å². The number of benzene rings is 1. The number of phenolic OH excluding ortho intramolecular Hbond substituents is 1. The molecule has 1 N–H and O–H groups in total. The molecular formula is C11H7N3O4S. The summed E-state index contributed by atoms with van der Waals surface area (Å²) in [4.78, 5) is 15.0. The monoisotopic (exact) mass is 277 g/mol. The van der Waals surface area contributed by atoms with Gasteiger partial charge in [0.15, 0.2) is 11.5 Å². The lowest BCUT2D eigenvalue weighted by Gasteiger charge is -2.03. The smallest absolute Gasteiger partial charge is 0.393 e. The van der Waals surface area contributed by atoms with Gasteiger partial charge in [0.05, 0.1) is 0 Å². The minimum absolute atomic E-state index is 0.104. The quantitative estimate of drug-likeness (QED) is 0.587.